The first-order valence-corrected chi connectivity index (χ1v) is 14.5. The van der Waals surface area contributed by atoms with Crippen molar-refractivity contribution in [3.8, 4) is 0 Å². The molecular weight excluding hydrogens is 494 g/mol. The predicted molar refractivity (Wildman–Crippen MR) is 131 cm³/mol. The summed E-state index contributed by atoms with van der Waals surface area (Å²) < 4.78 is 28.4. The van der Waals surface area contributed by atoms with Crippen molar-refractivity contribution < 1.29 is 33.0 Å². The van der Waals surface area contributed by atoms with Crippen LogP contribution in [0.15, 0.2) is 29.2 Å². The summed E-state index contributed by atoms with van der Waals surface area (Å²) in [6.45, 7) is 2.39. The largest absolute Gasteiger partial charge is 0.480 e. The highest BCUT2D eigenvalue weighted by molar-refractivity contribution is 7.98. The number of thioether (sulfide) groups is 1. The van der Waals surface area contributed by atoms with Crippen molar-refractivity contribution in [3.63, 3.8) is 0 Å². The van der Waals surface area contributed by atoms with E-state index in [4.69, 9.17) is 0 Å². The first kappa shape index (κ1) is 27.4. The molecule has 0 aliphatic carbocycles. The lowest BCUT2D eigenvalue weighted by Gasteiger charge is -2.35. The molecule has 1 aromatic carbocycles. The van der Waals surface area contributed by atoms with Gasteiger partial charge in [0, 0.05) is 32.0 Å². The van der Waals surface area contributed by atoms with Crippen LogP contribution in [0.1, 0.15) is 31.2 Å². The zero-order chi connectivity index (χ0) is 25.8. The van der Waals surface area contributed by atoms with E-state index in [9.17, 15) is 33.0 Å². The fourth-order valence-electron chi connectivity index (χ4n) is 4.53. The highest BCUT2D eigenvalue weighted by atomic mass is 32.2. The number of rotatable bonds is 9. The number of carboxylic acid groups (broad SMARTS) is 1. The molecule has 1 aromatic rings. The summed E-state index contributed by atoms with van der Waals surface area (Å²) in [4.78, 5) is 40.6. The summed E-state index contributed by atoms with van der Waals surface area (Å²) >= 11 is 1.51. The maximum Gasteiger partial charge on any atom is 0.326 e. The van der Waals surface area contributed by atoms with Crippen molar-refractivity contribution in [1.82, 2.24) is 14.5 Å². The Kier molecular flexibility index (Phi) is 9.19. The molecule has 10 nitrogen and oxygen atoms in total. The predicted octanol–water partition coefficient (Wildman–Crippen LogP) is 0.680. The number of aliphatic hydroxyl groups excluding tert-OH is 1. The number of piperidine rings is 1. The van der Waals surface area contributed by atoms with Gasteiger partial charge in [0.05, 0.1) is 11.0 Å². The van der Waals surface area contributed by atoms with Gasteiger partial charge in [0.2, 0.25) is 21.8 Å². The van der Waals surface area contributed by atoms with Gasteiger partial charge in [-0.1, -0.05) is 17.7 Å². The van der Waals surface area contributed by atoms with Crippen molar-refractivity contribution in [2.45, 2.75) is 55.7 Å². The van der Waals surface area contributed by atoms with Crippen LogP contribution < -0.4 is 4.72 Å². The molecule has 0 aromatic heterocycles. The minimum atomic E-state index is -3.89. The Morgan fingerprint density at radius 1 is 1.17 bits per heavy atom. The van der Waals surface area contributed by atoms with Gasteiger partial charge in [-0.05, 0) is 50.3 Å². The molecule has 35 heavy (non-hydrogen) atoms. The summed E-state index contributed by atoms with van der Waals surface area (Å²) in [5.41, 5.74) is 0.925. The van der Waals surface area contributed by atoms with Gasteiger partial charge in [-0.2, -0.15) is 16.5 Å². The summed E-state index contributed by atoms with van der Waals surface area (Å²) in [5, 5.41) is 19.2. The molecule has 0 spiro atoms. The average Bonchev–Trinajstić information content (AvgIpc) is 3.23. The van der Waals surface area contributed by atoms with E-state index in [2.05, 4.69) is 4.72 Å². The number of hydrogen-bond acceptors (Lipinski definition) is 7. The summed E-state index contributed by atoms with van der Waals surface area (Å²) in [7, 11) is -3.89. The lowest BCUT2D eigenvalue weighted by molar-refractivity contribution is -0.151. The zero-order valence-electron chi connectivity index (χ0n) is 19.9. The molecule has 2 aliphatic rings. The molecule has 3 N–H and O–H groups in total. The molecule has 194 valence electrons. The number of aryl methyl sites for hydroxylation is 1. The fourth-order valence-corrected chi connectivity index (χ4v) is 6.23. The lowest BCUT2D eigenvalue weighted by atomic mass is 9.94. The first-order chi connectivity index (χ1) is 16.5. The number of likely N-dealkylation sites (tertiary alicyclic amines) is 2. The molecule has 2 aliphatic heterocycles. The number of amides is 2. The molecule has 2 saturated heterocycles. The second kappa shape index (κ2) is 11.7. The van der Waals surface area contributed by atoms with Crippen molar-refractivity contribution in [3.05, 3.63) is 29.8 Å². The number of carbonyl (C=O) groups is 3. The zero-order valence-corrected chi connectivity index (χ0v) is 21.6. The highest BCUT2D eigenvalue weighted by Crippen LogP contribution is 2.26. The third kappa shape index (κ3) is 6.75. The van der Waals surface area contributed by atoms with Gasteiger partial charge in [0.25, 0.3) is 0 Å². The van der Waals surface area contributed by atoms with E-state index in [0.717, 1.165) is 5.56 Å². The number of carboxylic acids is 1. The number of carbonyl (C=O) groups excluding carboxylic acids is 2. The minimum absolute atomic E-state index is 0.00745. The van der Waals surface area contributed by atoms with E-state index >= 15 is 0 Å². The highest BCUT2D eigenvalue weighted by Gasteiger charge is 2.42. The number of benzene rings is 1. The number of hydrogen-bond donors (Lipinski definition) is 3. The van der Waals surface area contributed by atoms with Crippen LogP contribution >= 0.6 is 11.8 Å². The Hall–Kier alpha value is -2.15. The van der Waals surface area contributed by atoms with Gasteiger partial charge in [0.15, 0.2) is 0 Å². The minimum Gasteiger partial charge on any atom is -0.480 e. The number of nitrogens with one attached hydrogen (secondary N) is 1. The smallest absolute Gasteiger partial charge is 0.326 e. The Morgan fingerprint density at radius 2 is 1.80 bits per heavy atom. The van der Waals surface area contributed by atoms with Crippen LogP contribution in [0.4, 0.5) is 0 Å². The molecule has 2 heterocycles. The standard InChI is InChI=1S/C23H33N3O7S2/c1-15-3-5-18(6-4-15)35(32,33)24-19(9-12-34-2)22(29)25-10-7-16(8-11-25)21(28)26-14-17(27)13-20(26)23(30)31/h3-6,16-17,19-20,24,27H,7-14H2,1-2H3,(H,30,31)/t17-,19-,20-/m0/s1. The van der Waals surface area contributed by atoms with E-state index < -0.39 is 40.1 Å². The maximum absolute atomic E-state index is 13.3. The summed E-state index contributed by atoms with van der Waals surface area (Å²) in [5.74, 6) is -1.64. The Balaban J connectivity index is 1.64. The molecule has 2 amide bonds. The molecule has 0 radical (unpaired) electrons. The van der Waals surface area contributed by atoms with Crippen molar-refractivity contribution in [1.29, 1.82) is 0 Å². The third-order valence-electron chi connectivity index (χ3n) is 6.54. The van der Waals surface area contributed by atoms with Crippen LogP contribution in [-0.4, -0.2) is 96.0 Å². The van der Waals surface area contributed by atoms with Crippen molar-refractivity contribution >= 4 is 39.6 Å². The number of nitrogens with zero attached hydrogens (tertiary/aromatic N) is 2. The third-order valence-corrected chi connectivity index (χ3v) is 8.67. The van der Waals surface area contributed by atoms with E-state index in [0.29, 0.717) is 25.0 Å². The van der Waals surface area contributed by atoms with Crippen LogP contribution in [-0.2, 0) is 24.4 Å². The lowest BCUT2D eigenvalue weighted by Crippen LogP contribution is -2.52. The van der Waals surface area contributed by atoms with Crippen LogP contribution in [0.5, 0.6) is 0 Å². The molecular formula is C23H33N3O7S2. The second-order valence-corrected chi connectivity index (χ2v) is 11.8. The quantitative estimate of drug-likeness (QED) is 0.425. The van der Waals surface area contributed by atoms with Gasteiger partial charge in [-0.25, -0.2) is 13.2 Å². The molecule has 12 heteroatoms. The average molecular weight is 528 g/mol. The number of aliphatic hydroxyl groups is 1. The Labute approximate surface area is 210 Å². The van der Waals surface area contributed by atoms with E-state index in [-0.39, 0.29) is 42.8 Å². The normalized spacial score (nSPS) is 22.3. The van der Waals surface area contributed by atoms with Gasteiger partial charge < -0.3 is 20.0 Å². The topological polar surface area (TPSA) is 144 Å². The first-order valence-electron chi connectivity index (χ1n) is 11.6. The SMILES string of the molecule is CSCC[C@H](NS(=O)(=O)c1ccc(C)cc1)C(=O)N1CCC(C(=O)N2C[C@@H](O)C[C@H]2C(=O)O)CC1. The number of aliphatic carboxylic acids is 1. The van der Waals surface area contributed by atoms with Crippen molar-refractivity contribution in [2.24, 2.45) is 5.92 Å². The molecule has 0 unspecified atom stereocenters. The molecule has 3 atom stereocenters. The maximum atomic E-state index is 13.3. The molecule has 3 rings (SSSR count). The van der Waals surface area contributed by atoms with Crippen molar-refractivity contribution in [2.75, 3.05) is 31.6 Å². The molecule has 0 saturated carbocycles. The van der Waals surface area contributed by atoms with Gasteiger partial charge >= 0.3 is 5.97 Å². The Morgan fingerprint density at radius 3 is 2.37 bits per heavy atom. The monoisotopic (exact) mass is 527 g/mol. The number of β-amino-alcohol motifs (C(OH)–C–C–N with tert-alkyl or cyclic N) is 1. The number of sulfonamides is 1. The van der Waals surface area contributed by atoms with Crippen LogP contribution in [0.2, 0.25) is 0 Å². The van der Waals surface area contributed by atoms with Crippen LogP contribution in [0, 0.1) is 12.8 Å². The summed E-state index contributed by atoms with van der Waals surface area (Å²) in [6.07, 6.45) is 2.06. The van der Waals surface area contributed by atoms with E-state index in [1.54, 1.807) is 17.0 Å². The fraction of sp³-hybridized carbons (Fsp3) is 0.609. The van der Waals surface area contributed by atoms with Gasteiger partial charge in [-0.15, -0.1) is 0 Å². The van der Waals surface area contributed by atoms with Gasteiger partial charge in [-0.3, -0.25) is 9.59 Å². The summed E-state index contributed by atoms with van der Waals surface area (Å²) in [6, 6.07) is 4.44. The van der Waals surface area contributed by atoms with E-state index in [1.807, 2.05) is 13.2 Å². The second-order valence-electron chi connectivity index (χ2n) is 9.10. The van der Waals surface area contributed by atoms with E-state index in [1.165, 1.54) is 28.8 Å². The van der Waals surface area contributed by atoms with Crippen LogP contribution in [0.25, 0.3) is 0 Å². The molecule has 2 fully saturated rings. The Bertz CT molecular complexity index is 1020. The molecule has 0 bridgehead atoms. The van der Waals surface area contributed by atoms with Crippen LogP contribution in [0.3, 0.4) is 0 Å². The van der Waals surface area contributed by atoms with Gasteiger partial charge in [0.1, 0.15) is 12.1 Å².